The van der Waals surface area contributed by atoms with E-state index in [2.05, 4.69) is 47.6 Å². The zero-order valence-electron chi connectivity index (χ0n) is 21.2. The molecule has 1 aromatic heterocycles. The number of benzene rings is 4. The van der Waals surface area contributed by atoms with Crippen LogP contribution in [-0.4, -0.2) is 35.4 Å². The van der Waals surface area contributed by atoms with Crippen molar-refractivity contribution in [2.24, 2.45) is 0 Å². The Balaban J connectivity index is 1.44. The van der Waals surface area contributed by atoms with Crippen molar-refractivity contribution < 1.29 is 14.3 Å². The molecule has 4 aromatic carbocycles. The van der Waals surface area contributed by atoms with Crippen LogP contribution in [0.25, 0.3) is 22.2 Å². The van der Waals surface area contributed by atoms with Crippen molar-refractivity contribution in [3.05, 3.63) is 119 Å². The number of carbonyl (C=O) groups excluding carboxylic acids is 2. The topological polar surface area (TPSA) is 74.4 Å². The van der Waals surface area contributed by atoms with Gasteiger partial charge in [-0.3, -0.25) is 9.59 Å². The zero-order valence-corrected chi connectivity index (χ0v) is 21.2. The molecule has 0 bridgehead atoms. The Morgan fingerprint density at radius 2 is 1.63 bits per heavy atom. The van der Waals surface area contributed by atoms with Crippen molar-refractivity contribution >= 4 is 28.4 Å². The van der Waals surface area contributed by atoms with Crippen LogP contribution in [0.4, 0.5) is 5.69 Å². The fourth-order valence-electron chi connectivity index (χ4n) is 5.27. The van der Waals surface area contributed by atoms with E-state index in [0.29, 0.717) is 17.0 Å². The van der Waals surface area contributed by atoms with Crippen LogP contribution in [-0.2, 0) is 4.79 Å². The number of aromatic nitrogens is 1. The molecule has 188 valence electrons. The first-order valence-electron chi connectivity index (χ1n) is 12.5. The number of amides is 2. The van der Waals surface area contributed by atoms with Gasteiger partial charge < -0.3 is 19.9 Å². The third-order valence-electron chi connectivity index (χ3n) is 7.11. The minimum Gasteiger partial charge on any atom is -0.497 e. The highest BCUT2D eigenvalue weighted by Crippen LogP contribution is 2.45. The van der Waals surface area contributed by atoms with E-state index in [4.69, 9.17) is 4.74 Å². The van der Waals surface area contributed by atoms with Crippen molar-refractivity contribution in [3.8, 4) is 17.0 Å². The molecule has 2 heterocycles. The molecular weight excluding hydrogens is 474 g/mol. The number of H-pyrrole nitrogens is 1. The summed E-state index contributed by atoms with van der Waals surface area (Å²) in [6.45, 7) is 1.97. The summed E-state index contributed by atoms with van der Waals surface area (Å²) in [7, 11) is 1.60. The van der Waals surface area contributed by atoms with Crippen LogP contribution < -0.4 is 10.1 Å². The van der Waals surface area contributed by atoms with Gasteiger partial charge in [-0.2, -0.15) is 0 Å². The number of carbonyl (C=O) groups is 2. The van der Waals surface area contributed by atoms with Gasteiger partial charge in [0.25, 0.3) is 5.91 Å². The molecule has 1 atom stereocenters. The predicted octanol–water partition coefficient (Wildman–Crippen LogP) is 6.34. The molecule has 2 amide bonds. The second-order valence-corrected chi connectivity index (χ2v) is 9.52. The lowest BCUT2D eigenvalue weighted by molar-refractivity contribution is -0.117. The number of para-hydroxylation sites is 1. The van der Waals surface area contributed by atoms with E-state index >= 15 is 0 Å². The standard InChI is InChI=1S/C32H27N3O3/c1-20-11-13-21(14-12-20)30-29(26-9-5-6-10-27(26)34-30)31-24-7-3-4-8-25(24)32(37)35(31)19-28(36)33-22-15-17-23(38-2)18-16-22/h3-18,31,34H,19H2,1-2H3,(H,33,36). The van der Waals surface area contributed by atoms with Crippen molar-refractivity contribution in [1.82, 2.24) is 9.88 Å². The van der Waals surface area contributed by atoms with Crippen LogP contribution in [0.2, 0.25) is 0 Å². The maximum absolute atomic E-state index is 13.7. The summed E-state index contributed by atoms with van der Waals surface area (Å²) in [5.41, 5.74) is 7.27. The first kappa shape index (κ1) is 23.6. The third-order valence-corrected chi connectivity index (χ3v) is 7.11. The second-order valence-electron chi connectivity index (χ2n) is 9.52. The van der Waals surface area contributed by atoms with E-state index in [1.165, 1.54) is 5.56 Å². The molecule has 0 radical (unpaired) electrons. The van der Waals surface area contributed by atoms with Gasteiger partial charge in [-0.1, -0.05) is 66.2 Å². The average Bonchev–Trinajstić information content (AvgIpc) is 3.44. The van der Waals surface area contributed by atoms with Crippen molar-refractivity contribution in [3.63, 3.8) is 0 Å². The molecule has 6 rings (SSSR count). The molecule has 38 heavy (non-hydrogen) atoms. The van der Waals surface area contributed by atoms with Crippen LogP contribution in [0.1, 0.15) is 33.1 Å². The van der Waals surface area contributed by atoms with Gasteiger partial charge in [-0.05, 0) is 54.4 Å². The molecule has 1 aliphatic rings. The molecule has 0 fully saturated rings. The van der Waals surface area contributed by atoms with Crippen LogP contribution in [0.3, 0.4) is 0 Å². The van der Waals surface area contributed by atoms with Gasteiger partial charge in [-0.25, -0.2) is 0 Å². The number of ether oxygens (including phenoxy) is 1. The van der Waals surface area contributed by atoms with Gasteiger partial charge in [0.2, 0.25) is 5.91 Å². The molecule has 1 unspecified atom stereocenters. The summed E-state index contributed by atoms with van der Waals surface area (Å²) in [6, 6.07) is 30.8. The number of rotatable bonds is 6. The molecule has 0 saturated heterocycles. The van der Waals surface area contributed by atoms with E-state index < -0.39 is 6.04 Å². The van der Waals surface area contributed by atoms with Crippen LogP contribution in [0.15, 0.2) is 97.1 Å². The van der Waals surface area contributed by atoms with E-state index in [1.807, 2.05) is 42.5 Å². The number of nitrogens with one attached hydrogen (secondary N) is 2. The number of hydrogen-bond donors (Lipinski definition) is 2. The quantitative estimate of drug-likeness (QED) is 0.285. The highest BCUT2D eigenvalue weighted by atomic mass is 16.5. The molecular formula is C32H27N3O3. The van der Waals surface area contributed by atoms with E-state index in [-0.39, 0.29) is 18.4 Å². The summed E-state index contributed by atoms with van der Waals surface area (Å²) >= 11 is 0. The van der Waals surface area contributed by atoms with Crippen LogP contribution in [0.5, 0.6) is 5.75 Å². The highest BCUT2D eigenvalue weighted by molar-refractivity contribution is 6.05. The molecule has 0 saturated carbocycles. The lowest BCUT2D eigenvalue weighted by Gasteiger charge is -2.26. The Hall–Kier alpha value is -4.84. The van der Waals surface area contributed by atoms with E-state index in [1.54, 1.807) is 36.3 Å². The Labute approximate surface area is 220 Å². The third kappa shape index (κ3) is 4.10. The minimum atomic E-state index is -0.423. The number of aromatic amines is 1. The van der Waals surface area contributed by atoms with Gasteiger partial charge in [0.1, 0.15) is 12.3 Å². The largest absolute Gasteiger partial charge is 0.497 e. The summed E-state index contributed by atoms with van der Waals surface area (Å²) < 4.78 is 5.21. The summed E-state index contributed by atoms with van der Waals surface area (Å²) in [6.07, 6.45) is 0. The Kier molecular flexibility index (Phi) is 5.92. The minimum absolute atomic E-state index is 0.0863. The smallest absolute Gasteiger partial charge is 0.255 e. The first-order valence-corrected chi connectivity index (χ1v) is 12.5. The van der Waals surface area contributed by atoms with Gasteiger partial charge in [0, 0.05) is 27.7 Å². The number of aryl methyl sites for hydroxylation is 1. The highest BCUT2D eigenvalue weighted by Gasteiger charge is 2.41. The summed E-state index contributed by atoms with van der Waals surface area (Å²) in [4.78, 5) is 32.2. The maximum Gasteiger partial charge on any atom is 0.255 e. The fourth-order valence-corrected chi connectivity index (χ4v) is 5.27. The monoisotopic (exact) mass is 501 g/mol. The van der Waals surface area contributed by atoms with Gasteiger partial charge in [0.15, 0.2) is 0 Å². The van der Waals surface area contributed by atoms with Crippen molar-refractivity contribution in [1.29, 1.82) is 0 Å². The normalized spacial score (nSPS) is 14.5. The Bertz CT molecular complexity index is 1650. The number of hydrogen-bond acceptors (Lipinski definition) is 3. The predicted molar refractivity (Wildman–Crippen MR) is 149 cm³/mol. The lowest BCUT2D eigenvalue weighted by atomic mass is 9.93. The van der Waals surface area contributed by atoms with E-state index in [9.17, 15) is 9.59 Å². The van der Waals surface area contributed by atoms with Crippen LogP contribution >= 0.6 is 0 Å². The Morgan fingerprint density at radius 3 is 2.39 bits per heavy atom. The first-order chi connectivity index (χ1) is 18.5. The van der Waals surface area contributed by atoms with Gasteiger partial charge in [-0.15, -0.1) is 0 Å². The average molecular weight is 502 g/mol. The second kappa shape index (κ2) is 9.56. The van der Waals surface area contributed by atoms with Gasteiger partial charge >= 0.3 is 0 Å². The van der Waals surface area contributed by atoms with Crippen molar-refractivity contribution in [2.45, 2.75) is 13.0 Å². The lowest BCUT2D eigenvalue weighted by Crippen LogP contribution is -2.36. The van der Waals surface area contributed by atoms with E-state index in [0.717, 1.165) is 33.3 Å². The number of anilines is 1. The number of methoxy groups -OCH3 is 1. The maximum atomic E-state index is 13.7. The molecule has 1 aliphatic heterocycles. The van der Waals surface area contributed by atoms with Gasteiger partial charge in [0.05, 0.1) is 18.8 Å². The number of nitrogens with zero attached hydrogens (tertiary/aromatic N) is 1. The number of fused-ring (bicyclic) bond motifs is 2. The van der Waals surface area contributed by atoms with Crippen LogP contribution in [0, 0.1) is 6.92 Å². The van der Waals surface area contributed by atoms with Crippen molar-refractivity contribution in [2.75, 3.05) is 19.0 Å². The molecule has 2 N–H and O–H groups in total. The zero-order chi connectivity index (χ0) is 26.2. The molecule has 0 aliphatic carbocycles. The summed E-state index contributed by atoms with van der Waals surface area (Å²) in [5.74, 6) is 0.282. The molecule has 0 spiro atoms. The molecule has 6 nitrogen and oxygen atoms in total. The Morgan fingerprint density at radius 1 is 0.921 bits per heavy atom. The summed E-state index contributed by atoms with van der Waals surface area (Å²) in [5, 5.41) is 3.95. The molecule has 5 aromatic rings. The SMILES string of the molecule is COc1ccc(NC(=O)CN2C(=O)c3ccccc3C2c2c(-c3ccc(C)cc3)[nH]c3ccccc23)cc1. The molecule has 6 heteroatoms. The fraction of sp³-hybridized carbons (Fsp3) is 0.125.